The molecule has 0 saturated carbocycles. The van der Waals surface area contributed by atoms with E-state index >= 15 is 0 Å². The summed E-state index contributed by atoms with van der Waals surface area (Å²) in [5.74, 6) is 0. The minimum absolute atomic E-state index is 1.11. The fourth-order valence-electron chi connectivity index (χ4n) is 13.9. The highest BCUT2D eigenvalue weighted by Crippen LogP contribution is 2.44. The summed E-state index contributed by atoms with van der Waals surface area (Å²) in [5.41, 5.74) is 21.0. The predicted molar refractivity (Wildman–Crippen MR) is 380 cm³/mol. The second-order valence-electron chi connectivity index (χ2n) is 22.9. The summed E-state index contributed by atoms with van der Waals surface area (Å²) in [4.78, 5) is 4.70. The summed E-state index contributed by atoms with van der Waals surface area (Å²) >= 11 is 0. The molecule has 0 spiro atoms. The minimum Gasteiger partial charge on any atom is -0.311 e. The quantitative estimate of drug-likeness (QED) is 0.136. The van der Waals surface area contributed by atoms with Crippen LogP contribution in [0, 0.1) is 0 Å². The number of benzene rings is 14. The molecule has 18 aromatic rings. The number of hydrogen-bond acceptors (Lipinski definition) is 2. The van der Waals surface area contributed by atoms with Crippen molar-refractivity contribution in [2.75, 3.05) is 9.80 Å². The highest BCUT2D eigenvalue weighted by molar-refractivity contribution is 6.14. The number of para-hydroxylation sites is 10. The third kappa shape index (κ3) is 8.80. The SMILES string of the molecule is c1ccc(N(c2ccc(-n3c4ccccc4c4ccccc43)cc2)c2ccc(-n3c4ccccc4c4ccccc43)cc2)cc1.c1ccc(N(c2ccc3c(c2)c2ccccc2n3-c2ccccc2)c2ccc3c(c2)c2ccccc2n3-c2ccccc2)cc1. The van der Waals surface area contributed by atoms with Gasteiger partial charge in [0, 0.05) is 100.0 Å². The van der Waals surface area contributed by atoms with E-state index in [0.717, 1.165) is 56.9 Å². The maximum Gasteiger partial charge on any atom is 0.0542 e. The van der Waals surface area contributed by atoms with Crippen molar-refractivity contribution in [2.24, 2.45) is 0 Å². The van der Waals surface area contributed by atoms with Crippen molar-refractivity contribution < 1.29 is 0 Å². The molecule has 0 radical (unpaired) electrons. The number of anilines is 6. The molecular formula is C84H58N6. The Balaban J connectivity index is 0.000000139. The van der Waals surface area contributed by atoms with Gasteiger partial charge in [-0.25, -0.2) is 0 Å². The zero-order valence-electron chi connectivity index (χ0n) is 49.2. The lowest BCUT2D eigenvalue weighted by Crippen LogP contribution is -2.10. The number of fused-ring (bicyclic) bond motifs is 12. The Hall–Kier alpha value is -12.1. The molecule has 0 aliphatic rings. The predicted octanol–water partition coefficient (Wildman–Crippen LogP) is 22.7. The molecule has 424 valence electrons. The molecule has 0 aliphatic carbocycles. The third-order valence-corrected chi connectivity index (χ3v) is 17.8. The van der Waals surface area contributed by atoms with E-state index in [1.165, 1.54) is 87.2 Å². The van der Waals surface area contributed by atoms with Gasteiger partial charge in [-0.1, -0.05) is 182 Å². The van der Waals surface area contributed by atoms with Crippen LogP contribution in [-0.2, 0) is 0 Å². The molecule has 0 saturated heterocycles. The first-order valence-electron chi connectivity index (χ1n) is 30.8. The molecule has 0 N–H and O–H groups in total. The number of rotatable bonds is 10. The van der Waals surface area contributed by atoms with Gasteiger partial charge in [0.25, 0.3) is 0 Å². The molecule has 0 amide bonds. The Bertz CT molecular complexity index is 5220. The molecule has 0 unspecified atom stereocenters. The zero-order valence-corrected chi connectivity index (χ0v) is 49.2. The lowest BCUT2D eigenvalue weighted by molar-refractivity contribution is 1.17. The van der Waals surface area contributed by atoms with Crippen LogP contribution < -0.4 is 9.80 Å². The highest BCUT2D eigenvalue weighted by atomic mass is 15.2. The van der Waals surface area contributed by atoms with E-state index in [-0.39, 0.29) is 0 Å². The number of nitrogens with zero attached hydrogens (tertiary/aromatic N) is 6. The third-order valence-electron chi connectivity index (χ3n) is 17.8. The zero-order chi connectivity index (χ0) is 59.5. The van der Waals surface area contributed by atoms with Crippen LogP contribution in [0.2, 0.25) is 0 Å². The van der Waals surface area contributed by atoms with Gasteiger partial charge in [-0.3, -0.25) is 0 Å². The fraction of sp³-hybridized carbons (Fsp3) is 0. The highest BCUT2D eigenvalue weighted by Gasteiger charge is 2.21. The number of aromatic nitrogens is 4. The minimum atomic E-state index is 1.11. The van der Waals surface area contributed by atoms with Gasteiger partial charge in [-0.15, -0.1) is 0 Å². The van der Waals surface area contributed by atoms with Crippen LogP contribution in [0.5, 0.6) is 0 Å². The smallest absolute Gasteiger partial charge is 0.0542 e. The Labute approximate surface area is 521 Å². The van der Waals surface area contributed by atoms with Gasteiger partial charge in [0.05, 0.1) is 44.1 Å². The molecule has 6 heteroatoms. The Morgan fingerprint density at radius 2 is 0.344 bits per heavy atom. The summed E-state index contributed by atoms with van der Waals surface area (Å²) in [6.45, 7) is 0. The van der Waals surface area contributed by atoms with Crippen molar-refractivity contribution in [3.05, 3.63) is 352 Å². The van der Waals surface area contributed by atoms with Crippen molar-refractivity contribution >= 4 is 121 Å². The maximum atomic E-state index is 2.38. The van der Waals surface area contributed by atoms with E-state index in [1.54, 1.807) is 0 Å². The standard InChI is InChI=1S/2C42H29N3/c1-4-14-30(15-5-1)43(33-24-26-41-37(28-33)35-20-10-12-22-39(35)44(41)31-16-6-2-7-17-31)34-25-27-42-38(29-34)36-21-11-13-23-40(36)45(42)32-18-8-3-9-19-32;1-2-12-30(13-3-1)43(31-22-26-33(27-23-31)44-39-18-8-4-14-35(39)36-15-5-9-19-40(36)44)32-24-28-34(29-25-32)45-41-20-10-6-16-37(41)38-17-7-11-21-42(38)45/h2*1-29H. The van der Waals surface area contributed by atoms with Crippen LogP contribution in [-0.4, -0.2) is 18.3 Å². The summed E-state index contributed by atoms with van der Waals surface area (Å²) in [5, 5.41) is 10.0. The van der Waals surface area contributed by atoms with E-state index in [4.69, 9.17) is 0 Å². The van der Waals surface area contributed by atoms with Gasteiger partial charge in [0.1, 0.15) is 0 Å². The van der Waals surface area contributed by atoms with Crippen molar-refractivity contribution in [2.45, 2.75) is 0 Å². The Morgan fingerprint density at radius 3 is 0.644 bits per heavy atom. The van der Waals surface area contributed by atoms with Crippen LogP contribution in [0.3, 0.4) is 0 Å². The van der Waals surface area contributed by atoms with E-state index < -0.39 is 0 Å². The summed E-state index contributed by atoms with van der Waals surface area (Å²) in [7, 11) is 0. The fourth-order valence-corrected chi connectivity index (χ4v) is 13.9. The Morgan fingerprint density at radius 1 is 0.144 bits per heavy atom. The van der Waals surface area contributed by atoms with Gasteiger partial charge in [0.15, 0.2) is 0 Å². The molecular weight excluding hydrogens is 1090 g/mol. The Kier molecular flexibility index (Phi) is 12.8. The van der Waals surface area contributed by atoms with Gasteiger partial charge < -0.3 is 28.1 Å². The second-order valence-corrected chi connectivity index (χ2v) is 22.9. The van der Waals surface area contributed by atoms with Crippen molar-refractivity contribution in [3.8, 4) is 22.7 Å². The lowest BCUT2D eigenvalue weighted by Gasteiger charge is -2.26. The largest absolute Gasteiger partial charge is 0.311 e. The average Bonchev–Trinajstić information content (AvgIpc) is 1.70. The van der Waals surface area contributed by atoms with Crippen LogP contribution in [0.4, 0.5) is 34.1 Å². The summed E-state index contributed by atoms with van der Waals surface area (Å²) in [6.07, 6.45) is 0. The number of hydrogen-bond donors (Lipinski definition) is 0. The summed E-state index contributed by atoms with van der Waals surface area (Å²) in [6, 6.07) is 126. The van der Waals surface area contributed by atoms with Gasteiger partial charge in [0.2, 0.25) is 0 Å². The van der Waals surface area contributed by atoms with Crippen LogP contribution in [0.25, 0.3) is 110 Å². The molecule has 4 aromatic heterocycles. The van der Waals surface area contributed by atoms with E-state index in [9.17, 15) is 0 Å². The average molecular weight is 1150 g/mol. The normalized spacial score (nSPS) is 11.6. The van der Waals surface area contributed by atoms with Gasteiger partial charge >= 0.3 is 0 Å². The topological polar surface area (TPSA) is 26.2 Å². The first kappa shape index (κ1) is 52.2. The van der Waals surface area contributed by atoms with Gasteiger partial charge in [-0.2, -0.15) is 0 Å². The monoisotopic (exact) mass is 1150 g/mol. The maximum absolute atomic E-state index is 2.38. The molecule has 18 rings (SSSR count). The first-order chi connectivity index (χ1) is 44.7. The van der Waals surface area contributed by atoms with Crippen molar-refractivity contribution in [3.63, 3.8) is 0 Å². The van der Waals surface area contributed by atoms with E-state index in [0.29, 0.717) is 0 Å². The summed E-state index contributed by atoms with van der Waals surface area (Å²) < 4.78 is 9.46. The molecule has 0 fully saturated rings. The molecule has 0 atom stereocenters. The second kappa shape index (κ2) is 22.0. The molecule has 6 nitrogen and oxygen atoms in total. The van der Waals surface area contributed by atoms with E-state index in [1.807, 2.05) is 0 Å². The van der Waals surface area contributed by atoms with Crippen LogP contribution >= 0.6 is 0 Å². The van der Waals surface area contributed by atoms with Crippen LogP contribution in [0.1, 0.15) is 0 Å². The first-order valence-corrected chi connectivity index (χ1v) is 30.8. The molecule has 14 aromatic carbocycles. The molecule has 90 heavy (non-hydrogen) atoms. The van der Waals surface area contributed by atoms with Gasteiger partial charge in [-0.05, 0) is 170 Å². The van der Waals surface area contributed by atoms with Crippen molar-refractivity contribution in [1.82, 2.24) is 18.3 Å². The van der Waals surface area contributed by atoms with Crippen molar-refractivity contribution in [1.29, 1.82) is 0 Å². The molecule has 4 heterocycles. The van der Waals surface area contributed by atoms with E-state index in [2.05, 4.69) is 380 Å². The lowest BCUT2D eigenvalue weighted by atomic mass is 10.1. The van der Waals surface area contributed by atoms with Crippen LogP contribution in [0.15, 0.2) is 352 Å². The molecule has 0 aliphatic heterocycles. The molecule has 0 bridgehead atoms.